The summed E-state index contributed by atoms with van der Waals surface area (Å²) >= 11 is 0. The van der Waals surface area contributed by atoms with Crippen molar-refractivity contribution in [3.63, 3.8) is 0 Å². The Morgan fingerprint density at radius 1 is 1.24 bits per heavy atom. The third kappa shape index (κ3) is 5.02. The maximum Gasteiger partial charge on any atom is 0.343 e. The number of benzene rings is 2. The summed E-state index contributed by atoms with van der Waals surface area (Å²) in [6, 6.07) is 6.56. The van der Waals surface area contributed by atoms with E-state index in [2.05, 4.69) is 14.9 Å². The molecule has 1 saturated heterocycles. The molecule has 11 heteroatoms. The number of nitrogens with one attached hydrogen (secondary N) is 2. The van der Waals surface area contributed by atoms with Crippen LogP contribution in [0.15, 0.2) is 35.2 Å². The SMILES string of the molecule is CCN1CC[C@H](C(=O)NCc2cc(F)ccc2S(=O)(=O)Nc2ccc3c(c2C(=O)OC)OCC2CC32)C1. The van der Waals surface area contributed by atoms with Crippen LogP contribution in [0.1, 0.15) is 47.2 Å². The van der Waals surface area contributed by atoms with Crippen molar-refractivity contribution < 1.29 is 31.9 Å². The summed E-state index contributed by atoms with van der Waals surface area (Å²) in [6.07, 6.45) is 1.68. The number of nitrogens with zero attached hydrogens (tertiary/aromatic N) is 1. The Bertz CT molecular complexity index is 1350. The Balaban J connectivity index is 1.40. The van der Waals surface area contributed by atoms with E-state index in [0.717, 1.165) is 43.3 Å². The summed E-state index contributed by atoms with van der Waals surface area (Å²) in [7, 11) is -3.06. The van der Waals surface area contributed by atoms with Crippen LogP contribution in [0.2, 0.25) is 0 Å². The predicted octanol–water partition coefficient (Wildman–Crippen LogP) is 2.87. The van der Waals surface area contributed by atoms with Crippen LogP contribution in [0.4, 0.5) is 10.1 Å². The average Bonchev–Trinajstić information content (AvgIpc) is 3.53. The van der Waals surface area contributed by atoms with E-state index in [4.69, 9.17) is 9.47 Å². The molecule has 0 spiro atoms. The normalized spacial score (nSPS) is 22.4. The van der Waals surface area contributed by atoms with E-state index in [1.54, 1.807) is 6.07 Å². The fourth-order valence-corrected chi connectivity index (χ4v) is 6.54. The molecular formula is C26H30FN3O6S. The van der Waals surface area contributed by atoms with Gasteiger partial charge in [0.25, 0.3) is 10.0 Å². The van der Waals surface area contributed by atoms with Gasteiger partial charge in [0.2, 0.25) is 5.91 Å². The standard InChI is InChI=1S/C26H30FN3O6S/c1-3-30-9-8-15(13-30)25(31)28-12-16-10-18(27)4-7-22(16)37(33,34)29-21-6-5-19-20-11-17(20)14-36-24(19)23(21)26(32)35-2/h4-7,10,15,17,20,29H,3,8-9,11-14H2,1-2H3,(H,28,31)/t15-,17?,20?/m0/s1. The summed E-state index contributed by atoms with van der Waals surface area (Å²) in [5, 5.41) is 2.76. The smallest absolute Gasteiger partial charge is 0.343 e. The van der Waals surface area contributed by atoms with Gasteiger partial charge in [0.1, 0.15) is 17.1 Å². The number of likely N-dealkylation sites (tertiary alicyclic amines) is 1. The molecule has 0 aromatic heterocycles. The minimum atomic E-state index is -4.27. The quantitative estimate of drug-likeness (QED) is 0.504. The van der Waals surface area contributed by atoms with E-state index in [-0.39, 0.29) is 46.0 Å². The van der Waals surface area contributed by atoms with Gasteiger partial charge in [-0.25, -0.2) is 17.6 Å². The molecule has 1 amide bonds. The van der Waals surface area contributed by atoms with Gasteiger partial charge in [-0.15, -0.1) is 0 Å². The van der Waals surface area contributed by atoms with Crippen LogP contribution >= 0.6 is 0 Å². The van der Waals surface area contributed by atoms with Gasteiger partial charge in [-0.3, -0.25) is 9.52 Å². The van der Waals surface area contributed by atoms with Gasteiger partial charge in [0.05, 0.1) is 30.2 Å². The number of fused-ring (bicyclic) bond motifs is 3. The van der Waals surface area contributed by atoms with Crippen molar-refractivity contribution in [2.45, 2.75) is 37.1 Å². The van der Waals surface area contributed by atoms with Gasteiger partial charge >= 0.3 is 5.97 Å². The third-order valence-electron chi connectivity index (χ3n) is 7.44. The topological polar surface area (TPSA) is 114 Å². The molecule has 2 aliphatic heterocycles. The molecule has 5 rings (SSSR count). The maximum absolute atomic E-state index is 14.1. The zero-order valence-corrected chi connectivity index (χ0v) is 21.6. The van der Waals surface area contributed by atoms with Crippen LogP contribution < -0.4 is 14.8 Å². The fourth-order valence-electron chi connectivity index (χ4n) is 5.25. The molecule has 3 aliphatic rings. The highest BCUT2D eigenvalue weighted by atomic mass is 32.2. The molecule has 2 aromatic rings. The molecule has 0 bridgehead atoms. The second-order valence-corrected chi connectivity index (χ2v) is 11.4. The molecule has 3 atom stereocenters. The highest BCUT2D eigenvalue weighted by Gasteiger charge is 2.45. The van der Waals surface area contributed by atoms with Gasteiger partial charge < -0.3 is 19.7 Å². The van der Waals surface area contributed by atoms with Gasteiger partial charge in [-0.1, -0.05) is 13.0 Å². The molecule has 2 aromatic carbocycles. The summed E-state index contributed by atoms with van der Waals surface area (Å²) < 4.78 is 54.3. The number of hydrogen-bond acceptors (Lipinski definition) is 7. The monoisotopic (exact) mass is 531 g/mol. The first-order valence-electron chi connectivity index (χ1n) is 12.4. The maximum atomic E-state index is 14.1. The van der Waals surface area contributed by atoms with Crippen molar-refractivity contribution in [1.29, 1.82) is 0 Å². The van der Waals surface area contributed by atoms with Gasteiger partial charge in [0, 0.05) is 19.0 Å². The molecule has 198 valence electrons. The van der Waals surface area contributed by atoms with E-state index < -0.39 is 21.8 Å². The lowest BCUT2D eigenvalue weighted by molar-refractivity contribution is -0.124. The van der Waals surface area contributed by atoms with Crippen molar-refractivity contribution >= 4 is 27.6 Å². The number of esters is 1. The number of halogens is 1. The number of amides is 1. The Labute approximate surface area is 215 Å². The van der Waals surface area contributed by atoms with E-state index in [9.17, 15) is 22.4 Å². The molecule has 2 unspecified atom stereocenters. The first-order chi connectivity index (χ1) is 17.7. The molecule has 37 heavy (non-hydrogen) atoms. The van der Waals surface area contributed by atoms with E-state index in [0.29, 0.717) is 31.2 Å². The molecule has 2 N–H and O–H groups in total. The van der Waals surface area contributed by atoms with Crippen LogP contribution in [-0.4, -0.2) is 58.5 Å². The van der Waals surface area contributed by atoms with Crippen LogP contribution in [-0.2, 0) is 26.1 Å². The molecule has 2 heterocycles. The summed E-state index contributed by atoms with van der Waals surface area (Å²) in [5.41, 5.74) is 0.974. The Morgan fingerprint density at radius 3 is 2.78 bits per heavy atom. The zero-order chi connectivity index (χ0) is 26.3. The number of rotatable bonds is 8. The lowest BCUT2D eigenvalue weighted by atomic mass is 10.0. The minimum absolute atomic E-state index is 0.00704. The second-order valence-electron chi connectivity index (χ2n) is 9.77. The summed E-state index contributed by atoms with van der Waals surface area (Å²) in [5.74, 6) is -0.725. The van der Waals surface area contributed by atoms with Crippen molar-refractivity contribution in [2.24, 2.45) is 11.8 Å². The Kier molecular flexibility index (Phi) is 6.84. The molecule has 2 fully saturated rings. The third-order valence-corrected chi connectivity index (χ3v) is 8.91. The number of sulfonamides is 1. The van der Waals surface area contributed by atoms with Crippen molar-refractivity contribution in [2.75, 3.05) is 38.1 Å². The summed E-state index contributed by atoms with van der Waals surface area (Å²) in [6.45, 7) is 4.64. The fraction of sp³-hybridized carbons (Fsp3) is 0.462. The Hall–Kier alpha value is -3.18. The first kappa shape index (κ1) is 25.5. The first-order valence-corrected chi connectivity index (χ1v) is 13.9. The molecule has 1 saturated carbocycles. The molecule has 9 nitrogen and oxygen atoms in total. The molecule has 0 radical (unpaired) electrons. The number of hydrogen-bond donors (Lipinski definition) is 2. The number of anilines is 1. The van der Waals surface area contributed by atoms with Crippen molar-refractivity contribution in [3.8, 4) is 5.75 Å². The minimum Gasteiger partial charge on any atom is -0.492 e. The predicted molar refractivity (Wildman–Crippen MR) is 133 cm³/mol. The van der Waals surface area contributed by atoms with Crippen LogP contribution in [0, 0.1) is 17.7 Å². The van der Waals surface area contributed by atoms with Crippen LogP contribution in [0.25, 0.3) is 0 Å². The van der Waals surface area contributed by atoms with Crippen LogP contribution in [0.3, 0.4) is 0 Å². The highest BCUT2D eigenvalue weighted by Crippen LogP contribution is 2.55. The van der Waals surface area contributed by atoms with E-state index >= 15 is 0 Å². The van der Waals surface area contributed by atoms with Gasteiger partial charge in [0.15, 0.2) is 0 Å². The van der Waals surface area contributed by atoms with E-state index in [1.165, 1.54) is 13.2 Å². The number of methoxy groups -OCH3 is 1. The average molecular weight is 532 g/mol. The van der Waals surface area contributed by atoms with Crippen molar-refractivity contribution in [3.05, 3.63) is 52.8 Å². The number of ether oxygens (including phenoxy) is 2. The highest BCUT2D eigenvalue weighted by molar-refractivity contribution is 7.92. The number of carbonyl (C=O) groups is 2. The van der Waals surface area contributed by atoms with Crippen molar-refractivity contribution in [1.82, 2.24) is 10.2 Å². The van der Waals surface area contributed by atoms with E-state index in [1.807, 2.05) is 6.92 Å². The second kappa shape index (κ2) is 9.94. The van der Waals surface area contributed by atoms with Gasteiger partial charge in [-0.2, -0.15) is 0 Å². The van der Waals surface area contributed by atoms with Gasteiger partial charge in [-0.05, 0) is 67.2 Å². The number of carbonyl (C=O) groups excluding carboxylic acids is 2. The molecule has 1 aliphatic carbocycles. The lowest BCUT2D eigenvalue weighted by Crippen LogP contribution is -2.33. The largest absolute Gasteiger partial charge is 0.492 e. The summed E-state index contributed by atoms with van der Waals surface area (Å²) in [4.78, 5) is 27.3. The van der Waals surface area contributed by atoms with Crippen LogP contribution in [0.5, 0.6) is 5.75 Å². The zero-order valence-electron chi connectivity index (χ0n) is 20.8. The molecular weight excluding hydrogens is 501 g/mol. The lowest BCUT2D eigenvalue weighted by Gasteiger charge is -2.22. The Morgan fingerprint density at radius 2 is 2.05 bits per heavy atom.